The number of hydrogen-bond acceptors (Lipinski definition) is 2. The summed E-state index contributed by atoms with van der Waals surface area (Å²) in [5.74, 6) is 0.0796. The average molecular weight is 313 g/mol. The van der Waals surface area contributed by atoms with E-state index >= 15 is 0 Å². The average Bonchev–Trinajstić information content (AvgIpc) is 2.28. The van der Waals surface area contributed by atoms with Crippen LogP contribution in [-0.4, -0.2) is 33.7 Å². The van der Waals surface area contributed by atoms with Gasteiger partial charge in [0.15, 0.2) is 0 Å². The molecule has 1 aromatic rings. The number of rotatable bonds is 5. The SMILES string of the molecule is Cc1ccc(C(=O)N(CCCBr)C(C)C)c(C)n1. The minimum Gasteiger partial charge on any atom is -0.336 e. The Labute approximate surface area is 118 Å². The van der Waals surface area contributed by atoms with Crippen LogP contribution in [0.4, 0.5) is 0 Å². The van der Waals surface area contributed by atoms with Crippen LogP contribution in [0.1, 0.15) is 42.0 Å². The molecule has 0 saturated heterocycles. The molecule has 0 N–H and O–H groups in total. The molecule has 1 heterocycles. The van der Waals surface area contributed by atoms with E-state index in [0.29, 0.717) is 5.56 Å². The molecule has 0 saturated carbocycles. The first-order chi connectivity index (χ1) is 8.47. The van der Waals surface area contributed by atoms with Crippen molar-refractivity contribution in [3.05, 3.63) is 29.1 Å². The van der Waals surface area contributed by atoms with Gasteiger partial charge >= 0.3 is 0 Å². The number of pyridine rings is 1. The van der Waals surface area contributed by atoms with Crippen molar-refractivity contribution in [1.82, 2.24) is 9.88 Å². The second kappa shape index (κ2) is 6.88. The van der Waals surface area contributed by atoms with Gasteiger partial charge in [0.25, 0.3) is 5.91 Å². The summed E-state index contributed by atoms with van der Waals surface area (Å²) in [6.45, 7) is 8.69. The molecule has 0 unspecified atom stereocenters. The van der Waals surface area contributed by atoms with Crippen molar-refractivity contribution < 1.29 is 4.79 Å². The summed E-state index contributed by atoms with van der Waals surface area (Å²) >= 11 is 3.41. The van der Waals surface area contributed by atoms with Gasteiger partial charge in [0.1, 0.15) is 0 Å². The third-order valence-corrected chi connectivity index (χ3v) is 3.43. The lowest BCUT2D eigenvalue weighted by Crippen LogP contribution is -2.38. The molecule has 4 heteroatoms. The van der Waals surface area contributed by atoms with Crippen LogP contribution in [0.5, 0.6) is 0 Å². The fourth-order valence-electron chi connectivity index (χ4n) is 1.89. The number of aromatic nitrogens is 1. The van der Waals surface area contributed by atoms with E-state index in [2.05, 4.69) is 20.9 Å². The summed E-state index contributed by atoms with van der Waals surface area (Å²) in [4.78, 5) is 18.8. The van der Waals surface area contributed by atoms with Crippen molar-refractivity contribution in [3.8, 4) is 0 Å². The Morgan fingerprint density at radius 3 is 2.56 bits per heavy atom. The van der Waals surface area contributed by atoms with Crippen molar-refractivity contribution in [3.63, 3.8) is 0 Å². The van der Waals surface area contributed by atoms with E-state index in [1.807, 2.05) is 44.7 Å². The second-order valence-corrected chi connectivity index (χ2v) is 5.51. The quantitative estimate of drug-likeness (QED) is 0.781. The van der Waals surface area contributed by atoms with Gasteiger partial charge in [0, 0.05) is 23.6 Å². The zero-order valence-electron chi connectivity index (χ0n) is 11.5. The van der Waals surface area contributed by atoms with Crippen molar-refractivity contribution in [1.29, 1.82) is 0 Å². The molecular formula is C14H21BrN2O. The third kappa shape index (κ3) is 3.80. The normalized spacial score (nSPS) is 10.8. The third-order valence-electron chi connectivity index (χ3n) is 2.87. The molecule has 0 aliphatic rings. The van der Waals surface area contributed by atoms with E-state index in [-0.39, 0.29) is 11.9 Å². The molecule has 0 radical (unpaired) electrons. The molecule has 0 aliphatic carbocycles. The Morgan fingerprint density at radius 1 is 1.39 bits per heavy atom. The number of amides is 1. The lowest BCUT2D eigenvalue weighted by Gasteiger charge is -2.27. The summed E-state index contributed by atoms with van der Waals surface area (Å²) in [7, 11) is 0. The highest BCUT2D eigenvalue weighted by Gasteiger charge is 2.20. The highest BCUT2D eigenvalue weighted by Crippen LogP contribution is 2.13. The molecule has 0 atom stereocenters. The van der Waals surface area contributed by atoms with Gasteiger partial charge in [-0.3, -0.25) is 9.78 Å². The van der Waals surface area contributed by atoms with Crippen molar-refractivity contribution >= 4 is 21.8 Å². The molecule has 0 aromatic carbocycles. The number of alkyl halides is 1. The molecule has 100 valence electrons. The number of carbonyl (C=O) groups is 1. The maximum Gasteiger partial charge on any atom is 0.255 e. The Kier molecular flexibility index (Phi) is 5.79. The van der Waals surface area contributed by atoms with E-state index in [9.17, 15) is 4.79 Å². The number of carbonyl (C=O) groups excluding carboxylic acids is 1. The highest BCUT2D eigenvalue weighted by molar-refractivity contribution is 9.09. The van der Waals surface area contributed by atoms with Crippen LogP contribution in [0.2, 0.25) is 0 Å². The van der Waals surface area contributed by atoms with Crippen LogP contribution in [0, 0.1) is 13.8 Å². The lowest BCUT2D eigenvalue weighted by atomic mass is 10.1. The monoisotopic (exact) mass is 312 g/mol. The molecule has 1 rings (SSSR count). The zero-order chi connectivity index (χ0) is 13.7. The van der Waals surface area contributed by atoms with Crippen LogP contribution in [0.15, 0.2) is 12.1 Å². The molecule has 0 bridgehead atoms. The fourth-order valence-corrected chi connectivity index (χ4v) is 2.14. The Balaban J connectivity index is 2.94. The first kappa shape index (κ1) is 15.2. The van der Waals surface area contributed by atoms with E-state index < -0.39 is 0 Å². The predicted molar refractivity (Wildman–Crippen MR) is 78.3 cm³/mol. The predicted octanol–water partition coefficient (Wildman–Crippen LogP) is 3.33. The van der Waals surface area contributed by atoms with Crippen molar-refractivity contribution in [2.24, 2.45) is 0 Å². The van der Waals surface area contributed by atoms with E-state index in [1.54, 1.807) is 0 Å². The standard InChI is InChI=1S/C14H21BrN2O/c1-10(2)17(9-5-8-15)14(18)13-7-6-11(3)16-12(13)4/h6-7,10H,5,8-9H2,1-4H3. The van der Waals surface area contributed by atoms with Crippen LogP contribution in [0.25, 0.3) is 0 Å². The number of aryl methyl sites for hydroxylation is 2. The zero-order valence-corrected chi connectivity index (χ0v) is 13.1. The molecule has 3 nitrogen and oxygen atoms in total. The van der Waals surface area contributed by atoms with Gasteiger partial charge in [0.05, 0.1) is 11.3 Å². The molecule has 1 amide bonds. The lowest BCUT2D eigenvalue weighted by molar-refractivity contribution is 0.0705. The van der Waals surface area contributed by atoms with Crippen LogP contribution >= 0.6 is 15.9 Å². The molecule has 18 heavy (non-hydrogen) atoms. The smallest absolute Gasteiger partial charge is 0.255 e. The van der Waals surface area contributed by atoms with Gasteiger partial charge in [-0.2, -0.15) is 0 Å². The molecular weight excluding hydrogens is 292 g/mol. The maximum atomic E-state index is 12.5. The molecule has 0 aliphatic heterocycles. The minimum atomic E-state index is 0.0796. The van der Waals surface area contributed by atoms with Gasteiger partial charge < -0.3 is 4.90 Å². The van der Waals surface area contributed by atoms with E-state index in [1.165, 1.54) is 0 Å². The number of hydrogen-bond donors (Lipinski definition) is 0. The largest absolute Gasteiger partial charge is 0.336 e. The van der Waals surface area contributed by atoms with Crippen molar-refractivity contribution in [2.45, 2.75) is 40.2 Å². The minimum absolute atomic E-state index is 0.0796. The Bertz CT molecular complexity index is 418. The van der Waals surface area contributed by atoms with Gasteiger partial charge in [-0.05, 0) is 46.2 Å². The van der Waals surface area contributed by atoms with Gasteiger partial charge in [-0.25, -0.2) is 0 Å². The van der Waals surface area contributed by atoms with E-state index in [4.69, 9.17) is 0 Å². The summed E-state index contributed by atoms with van der Waals surface area (Å²) < 4.78 is 0. The number of nitrogens with zero attached hydrogens (tertiary/aromatic N) is 2. The van der Waals surface area contributed by atoms with Crippen LogP contribution in [-0.2, 0) is 0 Å². The summed E-state index contributed by atoms with van der Waals surface area (Å²) in [6, 6.07) is 3.98. The summed E-state index contributed by atoms with van der Waals surface area (Å²) in [5, 5.41) is 0.911. The van der Waals surface area contributed by atoms with Gasteiger partial charge in [-0.1, -0.05) is 15.9 Å². The first-order valence-corrected chi connectivity index (χ1v) is 7.40. The van der Waals surface area contributed by atoms with Gasteiger partial charge in [-0.15, -0.1) is 0 Å². The molecule has 0 spiro atoms. The summed E-state index contributed by atoms with van der Waals surface area (Å²) in [6.07, 6.45) is 0.961. The first-order valence-electron chi connectivity index (χ1n) is 6.28. The number of halogens is 1. The Hall–Kier alpha value is -0.900. The second-order valence-electron chi connectivity index (χ2n) is 4.72. The topological polar surface area (TPSA) is 33.2 Å². The van der Waals surface area contributed by atoms with Crippen LogP contribution in [0.3, 0.4) is 0 Å². The van der Waals surface area contributed by atoms with Gasteiger partial charge in [0.2, 0.25) is 0 Å². The van der Waals surface area contributed by atoms with E-state index in [0.717, 1.165) is 29.7 Å². The van der Waals surface area contributed by atoms with Crippen LogP contribution < -0.4 is 0 Å². The summed E-state index contributed by atoms with van der Waals surface area (Å²) in [5.41, 5.74) is 2.47. The maximum absolute atomic E-state index is 12.5. The fraction of sp³-hybridized carbons (Fsp3) is 0.571. The molecule has 1 aromatic heterocycles. The Morgan fingerprint density at radius 2 is 2.06 bits per heavy atom. The molecule has 0 fully saturated rings. The van der Waals surface area contributed by atoms with Crippen molar-refractivity contribution in [2.75, 3.05) is 11.9 Å². The highest BCUT2D eigenvalue weighted by atomic mass is 79.9.